The summed E-state index contributed by atoms with van der Waals surface area (Å²) in [6, 6.07) is 3.83. The summed E-state index contributed by atoms with van der Waals surface area (Å²) >= 11 is 1.42. The van der Waals surface area contributed by atoms with Crippen LogP contribution in [-0.2, 0) is 19.4 Å². The molecule has 16 heteroatoms. The zero-order valence-electron chi connectivity index (χ0n) is 23.0. The summed E-state index contributed by atoms with van der Waals surface area (Å²) in [6.07, 6.45) is -1.89. The molecule has 0 bridgehead atoms. The zero-order valence-corrected chi connectivity index (χ0v) is 24.6. The van der Waals surface area contributed by atoms with Crippen LogP contribution in [0.1, 0.15) is 57.7 Å². The number of benzene rings is 1. The number of piperidine rings is 1. The second kappa shape index (κ2) is 12.7. The number of likely N-dealkylation sites (tertiary alicyclic amines) is 1. The molecule has 3 fully saturated rings. The van der Waals surface area contributed by atoms with Crippen LogP contribution in [0.2, 0.25) is 0 Å². The molecule has 1 amide bonds. The number of carboxylic acids is 1. The molecule has 3 heterocycles. The van der Waals surface area contributed by atoms with Gasteiger partial charge in [-0.25, -0.2) is 22.6 Å². The van der Waals surface area contributed by atoms with Gasteiger partial charge >= 0.3 is 12.1 Å². The van der Waals surface area contributed by atoms with Gasteiger partial charge in [0.1, 0.15) is 5.82 Å². The highest BCUT2D eigenvalue weighted by atomic mass is 32.2. The molecule has 1 N–H and O–H groups in total. The molecule has 0 radical (unpaired) electrons. The van der Waals surface area contributed by atoms with Crippen LogP contribution < -0.4 is 9.64 Å². The van der Waals surface area contributed by atoms with Crippen molar-refractivity contribution in [3.63, 3.8) is 0 Å². The van der Waals surface area contributed by atoms with Crippen LogP contribution in [0.3, 0.4) is 0 Å². The van der Waals surface area contributed by atoms with E-state index >= 15 is 0 Å². The van der Waals surface area contributed by atoms with E-state index in [-0.39, 0.29) is 34.3 Å². The van der Waals surface area contributed by atoms with Crippen LogP contribution >= 0.6 is 11.5 Å². The van der Waals surface area contributed by atoms with E-state index in [9.17, 15) is 30.8 Å². The maximum atomic E-state index is 14.7. The number of carboxylic acid groups (broad SMARTS) is 1. The Balaban J connectivity index is 0.000000517. The van der Waals surface area contributed by atoms with E-state index in [1.807, 2.05) is 4.90 Å². The van der Waals surface area contributed by atoms with Gasteiger partial charge in [0.25, 0.3) is 5.91 Å². The standard InChI is InChI=1S/C24H31FN4O4S2.C2HF3O2/c1-15(2)22-26-24(34-27-22)28-10-7-17(8-11-28)29-12-9-21(23(29)30)33-20-6-5-18(13-19(20)25)35(31,32)14-16-3-4-16;3-2(4,5)1(6)7/h5-6,13,15-17,21H,3-4,7-12,14H2,1-2H3;(H,6,7). The molecule has 2 saturated heterocycles. The largest absolute Gasteiger partial charge is 0.490 e. The molecule has 0 spiro atoms. The van der Waals surface area contributed by atoms with Gasteiger partial charge in [0.05, 0.1) is 10.6 Å². The van der Waals surface area contributed by atoms with Crippen molar-refractivity contribution in [2.45, 2.75) is 75.1 Å². The number of ether oxygens (including phenoxy) is 1. The first-order valence-corrected chi connectivity index (χ1v) is 16.0. The number of hydrogen-bond donors (Lipinski definition) is 1. The summed E-state index contributed by atoms with van der Waals surface area (Å²) in [5, 5.41) is 8.05. The summed E-state index contributed by atoms with van der Waals surface area (Å²) in [5.41, 5.74) is 0. The Morgan fingerprint density at radius 2 is 1.79 bits per heavy atom. The van der Waals surface area contributed by atoms with E-state index in [1.165, 1.54) is 23.7 Å². The number of alkyl halides is 3. The van der Waals surface area contributed by atoms with Gasteiger partial charge in [0.2, 0.25) is 5.13 Å². The minimum absolute atomic E-state index is 0.0312. The molecule has 10 nitrogen and oxygen atoms in total. The van der Waals surface area contributed by atoms with E-state index < -0.39 is 33.9 Å². The van der Waals surface area contributed by atoms with Crippen molar-refractivity contribution in [1.82, 2.24) is 14.3 Å². The Labute approximate surface area is 244 Å². The van der Waals surface area contributed by atoms with Crippen molar-refractivity contribution in [3.8, 4) is 5.75 Å². The van der Waals surface area contributed by atoms with Crippen molar-refractivity contribution in [1.29, 1.82) is 0 Å². The van der Waals surface area contributed by atoms with Gasteiger partial charge in [0.15, 0.2) is 27.5 Å². The fourth-order valence-electron chi connectivity index (χ4n) is 4.72. The minimum atomic E-state index is -5.08. The lowest BCUT2D eigenvalue weighted by molar-refractivity contribution is -0.192. The third-order valence-corrected chi connectivity index (χ3v) is 9.91. The van der Waals surface area contributed by atoms with Crippen LogP contribution in [0.5, 0.6) is 5.75 Å². The molecular weight excluding hydrogens is 604 g/mol. The Bertz CT molecular complexity index is 1390. The summed E-state index contributed by atoms with van der Waals surface area (Å²) in [4.78, 5) is 30.6. The highest BCUT2D eigenvalue weighted by Gasteiger charge is 2.40. The minimum Gasteiger partial charge on any atom is -0.477 e. The van der Waals surface area contributed by atoms with Crippen molar-refractivity contribution in [2.24, 2.45) is 5.92 Å². The predicted octanol–water partition coefficient (Wildman–Crippen LogP) is 4.27. The second-order valence-electron chi connectivity index (χ2n) is 10.9. The normalized spacial score (nSPS) is 20.1. The molecule has 1 saturated carbocycles. The highest BCUT2D eigenvalue weighted by Crippen LogP contribution is 2.34. The Morgan fingerprint density at radius 1 is 1.14 bits per heavy atom. The molecule has 1 atom stereocenters. The van der Waals surface area contributed by atoms with Crippen molar-refractivity contribution in [2.75, 3.05) is 30.3 Å². The number of aromatic nitrogens is 2. The summed E-state index contributed by atoms with van der Waals surface area (Å²) in [6.45, 7) is 6.33. The molecule has 1 unspecified atom stereocenters. The monoisotopic (exact) mass is 636 g/mol. The van der Waals surface area contributed by atoms with Crippen LogP contribution in [0, 0.1) is 11.7 Å². The number of nitrogens with zero attached hydrogens (tertiary/aromatic N) is 4. The Hall–Kier alpha value is -3.01. The average molecular weight is 637 g/mol. The first-order chi connectivity index (χ1) is 19.7. The fourth-order valence-corrected chi connectivity index (χ4v) is 7.28. The van der Waals surface area contributed by atoms with Crippen LogP contribution in [0.25, 0.3) is 0 Å². The lowest BCUT2D eigenvalue weighted by atomic mass is 10.0. The summed E-state index contributed by atoms with van der Waals surface area (Å²) in [7, 11) is -3.51. The number of amides is 1. The third kappa shape index (κ3) is 7.88. The molecular formula is C26H32F4N4O6S2. The summed E-state index contributed by atoms with van der Waals surface area (Å²) in [5.74, 6) is -2.32. The van der Waals surface area contributed by atoms with E-state index in [0.717, 1.165) is 55.8 Å². The number of carbonyl (C=O) groups is 2. The number of halogens is 4. The van der Waals surface area contributed by atoms with Crippen LogP contribution in [-0.4, -0.2) is 83.4 Å². The van der Waals surface area contributed by atoms with Crippen LogP contribution in [0.4, 0.5) is 22.7 Å². The molecule has 2 aliphatic heterocycles. The maximum Gasteiger partial charge on any atom is 0.490 e. The van der Waals surface area contributed by atoms with Gasteiger partial charge < -0.3 is 19.6 Å². The maximum absolute atomic E-state index is 14.7. The molecule has 1 aromatic heterocycles. The number of rotatable bonds is 8. The first-order valence-electron chi connectivity index (χ1n) is 13.5. The Morgan fingerprint density at radius 3 is 2.31 bits per heavy atom. The molecule has 1 aliphatic carbocycles. The third-order valence-electron chi connectivity index (χ3n) is 7.24. The van der Waals surface area contributed by atoms with Crippen molar-refractivity contribution < 1.29 is 45.4 Å². The number of sulfone groups is 1. The number of anilines is 1. The SMILES string of the molecule is CC(C)c1nsc(N2CCC(N3CCC(Oc4ccc(S(=O)(=O)CC5CC5)cc4F)C3=O)CC2)n1.O=C(O)C(F)(F)F. The predicted molar refractivity (Wildman–Crippen MR) is 145 cm³/mol. The lowest BCUT2D eigenvalue weighted by Crippen LogP contribution is -2.47. The smallest absolute Gasteiger partial charge is 0.477 e. The lowest BCUT2D eigenvalue weighted by Gasteiger charge is -2.36. The molecule has 3 aliphatic rings. The van der Waals surface area contributed by atoms with Crippen LogP contribution in [0.15, 0.2) is 23.1 Å². The number of carbonyl (C=O) groups excluding carboxylic acids is 1. The highest BCUT2D eigenvalue weighted by molar-refractivity contribution is 7.91. The first kappa shape index (κ1) is 31.9. The molecule has 5 rings (SSSR count). The number of aliphatic carboxylic acids is 1. The van der Waals surface area contributed by atoms with Gasteiger partial charge in [-0.3, -0.25) is 4.79 Å². The molecule has 42 heavy (non-hydrogen) atoms. The average Bonchev–Trinajstić information content (AvgIpc) is 3.43. The molecule has 1 aromatic carbocycles. The Kier molecular flexibility index (Phi) is 9.65. The molecule has 232 valence electrons. The van der Waals surface area contributed by atoms with E-state index in [1.54, 1.807) is 0 Å². The molecule has 2 aromatic rings. The van der Waals surface area contributed by atoms with E-state index in [2.05, 4.69) is 28.1 Å². The van der Waals surface area contributed by atoms with Gasteiger partial charge in [-0.1, -0.05) is 13.8 Å². The van der Waals surface area contributed by atoms with Gasteiger partial charge in [0, 0.05) is 49.5 Å². The van der Waals surface area contributed by atoms with Crippen molar-refractivity contribution in [3.05, 3.63) is 29.8 Å². The quantitative estimate of drug-likeness (QED) is 0.423. The van der Waals surface area contributed by atoms with Gasteiger partial charge in [-0.15, -0.1) is 0 Å². The zero-order chi connectivity index (χ0) is 30.8. The van der Waals surface area contributed by atoms with E-state index in [4.69, 9.17) is 14.6 Å². The fraction of sp³-hybridized carbons (Fsp3) is 0.615. The van der Waals surface area contributed by atoms with E-state index in [0.29, 0.717) is 18.9 Å². The second-order valence-corrected chi connectivity index (χ2v) is 13.6. The number of hydrogen-bond acceptors (Lipinski definition) is 9. The van der Waals surface area contributed by atoms with Gasteiger partial charge in [-0.2, -0.15) is 17.5 Å². The van der Waals surface area contributed by atoms with Gasteiger partial charge in [-0.05, 0) is 49.8 Å². The topological polar surface area (TPSA) is 130 Å². The van der Waals surface area contributed by atoms with Crippen molar-refractivity contribution >= 4 is 38.4 Å². The summed E-state index contributed by atoms with van der Waals surface area (Å²) < 4.78 is 81.4.